The van der Waals surface area contributed by atoms with E-state index in [1.54, 1.807) is 0 Å². The van der Waals surface area contributed by atoms with Gasteiger partial charge in [0.2, 0.25) is 0 Å². The van der Waals surface area contributed by atoms with Gasteiger partial charge in [-0.2, -0.15) is 4.98 Å². The Bertz CT molecular complexity index is 1300. The Morgan fingerprint density at radius 1 is 1.06 bits per heavy atom. The number of aliphatic hydroxyl groups excluding tert-OH is 1. The number of nitrogen functional groups attached to an aromatic ring is 1. The third kappa shape index (κ3) is 4.48. The number of aliphatic hydroxyl groups is 2. The summed E-state index contributed by atoms with van der Waals surface area (Å²) in [5, 5.41) is 23.2. The fourth-order valence-corrected chi connectivity index (χ4v) is 4.10. The lowest BCUT2D eigenvalue weighted by Crippen LogP contribution is -2.53. The first-order chi connectivity index (χ1) is 16.1. The van der Waals surface area contributed by atoms with Crippen molar-refractivity contribution in [2.24, 2.45) is 0 Å². The molecule has 9 nitrogen and oxygen atoms in total. The zero-order valence-electron chi connectivity index (χ0n) is 17.5. The second-order valence-electron chi connectivity index (χ2n) is 7.83. The third-order valence-electron chi connectivity index (χ3n) is 5.61. The molecule has 1 aromatic heterocycles. The Morgan fingerprint density at radius 2 is 1.62 bits per heavy atom. The fourth-order valence-electron chi connectivity index (χ4n) is 3.85. The van der Waals surface area contributed by atoms with Crippen LogP contribution in [0.4, 0.5) is 5.82 Å². The number of ketones is 2. The van der Waals surface area contributed by atoms with Crippen LogP contribution < -0.4 is 11.4 Å². The summed E-state index contributed by atoms with van der Waals surface area (Å²) < 4.78 is 6.79. The second-order valence-corrected chi connectivity index (χ2v) is 8.71. The normalized spacial score (nSPS) is 22.9. The molecular formula is C23H19Cl2N3O6. The molecule has 1 saturated heterocycles. The van der Waals surface area contributed by atoms with Crippen LogP contribution >= 0.6 is 23.2 Å². The van der Waals surface area contributed by atoms with Crippen molar-refractivity contribution in [2.45, 2.75) is 30.5 Å². The van der Waals surface area contributed by atoms with E-state index >= 15 is 0 Å². The number of rotatable bonds is 6. The van der Waals surface area contributed by atoms with E-state index in [2.05, 4.69) is 4.98 Å². The summed E-state index contributed by atoms with van der Waals surface area (Å²) in [5.41, 5.74) is 2.56. The van der Waals surface area contributed by atoms with Crippen LogP contribution in [0.1, 0.15) is 33.4 Å². The third-order valence-corrected chi connectivity index (χ3v) is 6.11. The standard InChI is InChI=1S/C23H19Cl2N3O6/c24-14-5-1-12(2-6-14)18(29)19(30)21-23(33,20(31)13-3-7-15(25)8-4-13)11-17(34-21)28-10-9-16(26)27-22(28)32/h1-10,17,19,21,30,33H,11H2,(H2,26,27,32)/t17-,19?,21-,23-/m1/s1. The van der Waals surface area contributed by atoms with Crippen LogP contribution in [0.15, 0.2) is 65.6 Å². The van der Waals surface area contributed by atoms with Crippen molar-refractivity contribution in [2.75, 3.05) is 5.73 Å². The van der Waals surface area contributed by atoms with Crippen molar-refractivity contribution in [3.8, 4) is 0 Å². The molecule has 2 aromatic carbocycles. The molecule has 0 aliphatic carbocycles. The Labute approximate surface area is 203 Å². The predicted octanol–water partition coefficient (Wildman–Crippen LogP) is 2.28. The maximum atomic E-state index is 13.4. The highest BCUT2D eigenvalue weighted by Gasteiger charge is 2.57. The molecule has 0 radical (unpaired) electrons. The summed E-state index contributed by atoms with van der Waals surface area (Å²) >= 11 is 11.8. The van der Waals surface area contributed by atoms with Gasteiger partial charge in [-0.3, -0.25) is 14.2 Å². The smallest absolute Gasteiger partial charge is 0.351 e. The van der Waals surface area contributed by atoms with Crippen LogP contribution in [0.2, 0.25) is 10.0 Å². The van der Waals surface area contributed by atoms with Crippen LogP contribution in [0.5, 0.6) is 0 Å². The molecule has 1 aliphatic rings. The Hall–Kier alpha value is -3.08. The summed E-state index contributed by atoms with van der Waals surface area (Å²) in [7, 11) is 0. The van der Waals surface area contributed by atoms with Gasteiger partial charge in [0.25, 0.3) is 0 Å². The molecule has 0 amide bonds. The van der Waals surface area contributed by atoms with Crippen LogP contribution in [0.3, 0.4) is 0 Å². The Kier molecular flexibility index (Phi) is 6.57. The van der Waals surface area contributed by atoms with Gasteiger partial charge in [-0.05, 0) is 54.6 Å². The van der Waals surface area contributed by atoms with Gasteiger partial charge in [-0.1, -0.05) is 23.2 Å². The minimum atomic E-state index is -2.36. The monoisotopic (exact) mass is 503 g/mol. The van der Waals surface area contributed by atoms with Gasteiger partial charge in [0.05, 0.1) is 0 Å². The van der Waals surface area contributed by atoms with Crippen LogP contribution in [0.25, 0.3) is 0 Å². The van der Waals surface area contributed by atoms with Crippen molar-refractivity contribution < 1.29 is 24.5 Å². The average molecular weight is 504 g/mol. The van der Waals surface area contributed by atoms with Crippen molar-refractivity contribution in [3.63, 3.8) is 0 Å². The van der Waals surface area contributed by atoms with Crippen LogP contribution in [0, 0.1) is 0 Å². The number of nitrogens with two attached hydrogens (primary N) is 1. The SMILES string of the molecule is Nc1ccn([C@H]2C[C@@](O)(C(=O)c3ccc(Cl)cc3)[C@@H](C(O)C(=O)c3ccc(Cl)cc3)O2)c(=O)n1. The minimum Gasteiger partial charge on any atom is -0.383 e. The number of benzene rings is 2. The van der Waals surface area contributed by atoms with Crippen molar-refractivity contribution in [1.82, 2.24) is 9.55 Å². The van der Waals surface area contributed by atoms with E-state index in [9.17, 15) is 24.6 Å². The first-order valence-corrected chi connectivity index (χ1v) is 10.9. The lowest BCUT2D eigenvalue weighted by Gasteiger charge is -2.29. The molecule has 176 valence electrons. The van der Waals surface area contributed by atoms with E-state index < -0.39 is 47.7 Å². The molecule has 4 atom stereocenters. The van der Waals surface area contributed by atoms with Gasteiger partial charge in [-0.15, -0.1) is 0 Å². The molecule has 0 saturated carbocycles. The van der Waals surface area contributed by atoms with E-state index in [1.807, 2.05) is 0 Å². The number of hydrogen-bond donors (Lipinski definition) is 3. The minimum absolute atomic E-state index is 0.0266. The van der Waals surface area contributed by atoms with E-state index in [1.165, 1.54) is 60.8 Å². The molecule has 2 heterocycles. The number of Topliss-reactive ketones (excluding diaryl/α,β-unsaturated/α-hetero) is 2. The summed E-state index contributed by atoms with van der Waals surface area (Å²) in [4.78, 5) is 42.3. The Balaban J connectivity index is 1.74. The zero-order chi connectivity index (χ0) is 24.6. The lowest BCUT2D eigenvalue weighted by molar-refractivity contribution is -0.0915. The summed E-state index contributed by atoms with van der Waals surface area (Å²) in [6.45, 7) is 0. The average Bonchev–Trinajstić information content (AvgIpc) is 3.17. The molecule has 4 rings (SSSR count). The summed E-state index contributed by atoms with van der Waals surface area (Å²) in [6.07, 6.45) is -3.99. The molecule has 1 unspecified atom stereocenters. The number of carbonyl (C=O) groups is 2. The number of halogens is 2. The number of nitrogens with zero attached hydrogens (tertiary/aromatic N) is 2. The van der Waals surface area contributed by atoms with Gasteiger partial charge in [0, 0.05) is 33.8 Å². The maximum Gasteiger partial charge on any atom is 0.351 e. The number of anilines is 1. The van der Waals surface area contributed by atoms with E-state index in [-0.39, 0.29) is 16.9 Å². The van der Waals surface area contributed by atoms with Crippen molar-refractivity contribution in [3.05, 3.63) is 92.5 Å². The predicted molar refractivity (Wildman–Crippen MR) is 124 cm³/mol. The quantitative estimate of drug-likeness (QED) is 0.434. The maximum absolute atomic E-state index is 13.4. The summed E-state index contributed by atoms with van der Waals surface area (Å²) in [6, 6.07) is 12.8. The number of aromatic nitrogens is 2. The van der Waals surface area contributed by atoms with E-state index in [0.717, 1.165) is 4.57 Å². The molecule has 1 fully saturated rings. The zero-order valence-corrected chi connectivity index (χ0v) is 19.0. The van der Waals surface area contributed by atoms with Crippen LogP contribution in [-0.4, -0.2) is 49.1 Å². The largest absolute Gasteiger partial charge is 0.383 e. The molecule has 0 spiro atoms. The molecule has 0 bridgehead atoms. The topological polar surface area (TPSA) is 145 Å². The highest BCUT2D eigenvalue weighted by molar-refractivity contribution is 6.31. The molecule has 3 aromatic rings. The number of hydrogen-bond acceptors (Lipinski definition) is 8. The molecule has 4 N–H and O–H groups in total. The van der Waals surface area contributed by atoms with Crippen LogP contribution in [-0.2, 0) is 4.74 Å². The number of ether oxygens (including phenoxy) is 1. The molecule has 1 aliphatic heterocycles. The van der Waals surface area contributed by atoms with Crippen molar-refractivity contribution >= 4 is 40.6 Å². The van der Waals surface area contributed by atoms with Gasteiger partial charge in [0.15, 0.2) is 17.2 Å². The lowest BCUT2D eigenvalue weighted by atomic mass is 9.82. The fraction of sp³-hybridized carbons (Fsp3) is 0.217. The van der Waals surface area contributed by atoms with Gasteiger partial charge in [-0.25, -0.2) is 4.79 Å². The van der Waals surface area contributed by atoms with Gasteiger partial charge >= 0.3 is 5.69 Å². The first-order valence-electron chi connectivity index (χ1n) is 10.1. The highest BCUT2D eigenvalue weighted by Crippen LogP contribution is 2.40. The molecule has 34 heavy (non-hydrogen) atoms. The second kappa shape index (κ2) is 9.28. The summed E-state index contributed by atoms with van der Waals surface area (Å²) in [5.74, 6) is -1.63. The first kappa shape index (κ1) is 24.1. The molecule has 11 heteroatoms. The van der Waals surface area contributed by atoms with E-state index in [4.69, 9.17) is 33.7 Å². The number of carbonyl (C=O) groups excluding carboxylic acids is 2. The highest BCUT2D eigenvalue weighted by atomic mass is 35.5. The van der Waals surface area contributed by atoms with Gasteiger partial charge < -0.3 is 20.7 Å². The molecular weight excluding hydrogens is 485 g/mol. The van der Waals surface area contributed by atoms with E-state index in [0.29, 0.717) is 10.0 Å². The van der Waals surface area contributed by atoms with Crippen molar-refractivity contribution in [1.29, 1.82) is 0 Å². The Morgan fingerprint density at radius 3 is 2.18 bits per heavy atom. The van der Waals surface area contributed by atoms with Gasteiger partial charge in [0.1, 0.15) is 24.3 Å².